The third-order valence-corrected chi connectivity index (χ3v) is 4.08. The molecule has 2 heterocycles. The Labute approximate surface area is 173 Å². The van der Waals surface area contributed by atoms with E-state index in [-0.39, 0.29) is 5.91 Å². The van der Waals surface area contributed by atoms with Crippen LogP contribution in [0.25, 0.3) is 11.9 Å². The molecule has 3 rings (SSSR count). The van der Waals surface area contributed by atoms with Gasteiger partial charge in [-0.05, 0) is 42.3 Å². The van der Waals surface area contributed by atoms with Gasteiger partial charge in [0.15, 0.2) is 17.3 Å². The van der Waals surface area contributed by atoms with Gasteiger partial charge in [-0.15, -0.1) is 0 Å². The summed E-state index contributed by atoms with van der Waals surface area (Å²) >= 11 is 6.29. The van der Waals surface area contributed by atoms with Crippen LogP contribution in [-0.2, 0) is 4.79 Å². The predicted octanol–water partition coefficient (Wildman–Crippen LogP) is 3.77. The first-order chi connectivity index (χ1) is 14.1. The van der Waals surface area contributed by atoms with Gasteiger partial charge in [0.25, 0.3) is 0 Å². The number of amides is 1. The zero-order valence-electron chi connectivity index (χ0n) is 16.0. The summed E-state index contributed by atoms with van der Waals surface area (Å²) < 4.78 is 12.5. The molecule has 8 nitrogen and oxygen atoms in total. The highest BCUT2D eigenvalue weighted by molar-refractivity contribution is 6.32. The van der Waals surface area contributed by atoms with Crippen molar-refractivity contribution in [3.8, 4) is 17.3 Å². The second kappa shape index (κ2) is 9.70. The van der Waals surface area contributed by atoms with Crippen LogP contribution in [0.1, 0.15) is 18.9 Å². The van der Waals surface area contributed by atoms with Crippen LogP contribution in [-0.4, -0.2) is 39.4 Å². The van der Waals surface area contributed by atoms with E-state index < -0.39 is 0 Å². The number of benzene rings is 1. The smallest absolute Gasteiger partial charge is 0.248 e. The Balaban J connectivity index is 1.66. The molecule has 0 spiro atoms. The fourth-order valence-corrected chi connectivity index (χ4v) is 2.73. The second-order valence-corrected chi connectivity index (χ2v) is 6.36. The Kier molecular flexibility index (Phi) is 6.80. The third-order valence-electron chi connectivity index (χ3n) is 3.80. The summed E-state index contributed by atoms with van der Waals surface area (Å²) in [5.41, 5.74) is 1.27. The van der Waals surface area contributed by atoms with E-state index in [2.05, 4.69) is 20.4 Å². The number of pyridine rings is 1. The maximum atomic E-state index is 12.2. The molecule has 1 aromatic carbocycles. The van der Waals surface area contributed by atoms with Gasteiger partial charge < -0.3 is 14.8 Å². The zero-order valence-corrected chi connectivity index (χ0v) is 16.8. The third kappa shape index (κ3) is 5.32. The summed E-state index contributed by atoms with van der Waals surface area (Å²) in [7, 11) is 1.54. The summed E-state index contributed by atoms with van der Waals surface area (Å²) in [4.78, 5) is 20.3. The first-order valence-electron chi connectivity index (χ1n) is 8.91. The summed E-state index contributed by atoms with van der Waals surface area (Å²) in [6.45, 7) is 2.55. The molecule has 0 aliphatic heterocycles. The van der Waals surface area contributed by atoms with Gasteiger partial charge >= 0.3 is 0 Å². The van der Waals surface area contributed by atoms with Crippen molar-refractivity contribution >= 4 is 29.3 Å². The van der Waals surface area contributed by atoms with Crippen LogP contribution in [0, 0.1) is 0 Å². The molecule has 0 saturated heterocycles. The Bertz CT molecular complexity index is 988. The molecule has 0 radical (unpaired) electrons. The molecule has 1 N–H and O–H groups in total. The van der Waals surface area contributed by atoms with Crippen LogP contribution in [0.5, 0.6) is 11.5 Å². The summed E-state index contributed by atoms with van der Waals surface area (Å²) in [6, 6.07) is 6.94. The summed E-state index contributed by atoms with van der Waals surface area (Å²) in [5.74, 6) is 1.31. The topological polar surface area (TPSA) is 91.2 Å². The van der Waals surface area contributed by atoms with E-state index >= 15 is 0 Å². The Morgan fingerprint density at radius 2 is 2.21 bits per heavy atom. The van der Waals surface area contributed by atoms with Crippen LogP contribution in [0.4, 0.5) is 5.69 Å². The molecule has 9 heteroatoms. The lowest BCUT2D eigenvalue weighted by Gasteiger charge is -2.12. The number of hydrogen-bond acceptors (Lipinski definition) is 6. The number of aromatic nitrogens is 4. The number of methoxy groups -OCH3 is 1. The van der Waals surface area contributed by atoms with Crippen LogP contribution in [0.3, 0.4) is 0 Å². The number of hydrogen-bond donors (Lipinski definition) is 1. The van der Waals surface area contributed by atoms with Gasteiger partial charge in [-0.1, -0.05) is 18.5 Å². The number of carbonyl (C=O) groups is 1. The van der Waals surface area contributed by atoms with Gasteiger partial charge in [0.2, 0.25) is 5.91 Å². The largest absolute Gasteiger partial charge is 0.493 e. The van der Waals surface area contributed by atoms with Crippen molar-refractivity contribution in [2.45, 2.75) is 13.3 Å². The Morgan fingerprint density at radius 3 is 2.86 bits per heavy atom. The average molecular weight is 414 g/mol. The van der Waals surface area contributed by atoms with Crippen molar-refractivity contribution in [1.29, 1.82) is 0 Å². The minimum Gasteiger partial charge on any atom is -0.493 e. The van der Waals surface area contributed by atoms with Crippen molar-refractivity contribution in [2.24, 2.45) is 0 Å². The maximum absolute atomic E-state index is 12.2. The Hall–Kier alpha value is -3.39. The highest BCUT2D eigenvalue weighted by Crippen LogP contribution is 2.36. The van der Waals surface area contributed by atoms with E-state index in [0.717, 1.165) is 6.42 Å². The molecule has 1 amide bonds. The molecule has 0 aliphatic carbocycles. The predicted molar refractivity (Wildman–Crippen MR) is 111 cm³/mol. The number of ether oxygens (including phenoxy) is 2. The number of nitrogens with one attached hydrogen (secondary N) is 1. The first-order valence-corrected chi connectivity index (χ1v) is 9.29. The maximum Gasteiger partial charge on any atom is 0.248 e. The number of nitrogens with zero attached hydrogens (tertiary/aromatic N) is 4. The molecule has 3 aromatic rings. The van der Waals surface area contributed by atoms with E-state index in [9.17, 15) is 4.79 Å². The summed E-state index contributed by atoms with van der Waals surface area (Å²) in [6.07, 6.45) is 8.42. The molecule has 0 unspecified atom stereocenters. The van der Waals surface area contributed by atoms with Crippen LogP contribution >= 0.6 is 11.6 Å². The van der Waals surface area contributed by atoms with Gasteiger partial charge in [0.05, 0.1) is 30.6 Å². The van der Waals surface area contributed by atoms with Crippen LogP contribution in [0.2, 0.25) is 5.02 Å². The van der Waals surface area contributed by atoms with Gasteiger partial charge in [0.1, 0.15) is 12.7 Å². The second-order valence-electron chi connectivity index (χ2n) is 5.95. The number of rotatable bonds is 8. The Morgan fingerprint density at radius 1 is 1.34 bits per heavy atom. The lowest BCUT2D eigenvalue weighted by molar-refractivity contribution is -0.111. The fraction of sp³-hybridized carbons (Fsp3) is 0.200. The van der Waals surface area contributed by atoms with Crippen molar-refractivity contribution in [3.05, 3.63) is 59.8 Å². The monoisotopic (exact) mass is 413 g/mol. The van der Waals surface area contributed by atoms with Crippen molar-refractivity contribution in [1.82, 2.24) is 19.7 Å². The van der Waals surface area contributed by atoms with Gasteiger partial charge in [-0.25, -0.2) is 14.6 Å². The molecule has 29 heavy (non-hydrogen) atoms. The minimum atomic E-state index is -0.304. The highest BCUT2D eigenvalue weighted by Gasteiger charge is 2.11. The molecule has 0 fully saturated rings. The lowest BCUT2D eigenvalue weighted by Crippen LogP contribution is -2.08. The van der Waals surface area contributed by atoms with E-state index in [1.54, 1.807) is 50.0 Å². The standard InChI is InChI=1S/C20H20ClN5O3/c1-3-8-29-20-16(21)9-14(10-17(20)28-2)4-7-19(27)25-15-5-6-18(23-11-15)26-13-22-12-24-26/h4-7,9-13H,3,8H2,1-2H3,(H,25,27)/b7-4+. The van der Waals surface area contributed by atoms with Crippen molar-refractivity contribution in [2.75, 3.05) is 19.0 Å². The molecule has 0 bridgehead atoms. The van der Waals surface area contributed by atoms with E-state index in [1.807, 2.05) is 6.92 Å². The molecular formula is C20H20ClN5O3. The van der Waals surface area contributed by atoms with Gasteiger partial charge in [0, 0.05) is 6.08 Å². The van der Waals surface area contributed by atoms with E-state index in [4.69, 9.17) is 21.1 Å². The molecule has 150 valence electrons. The molecule has 2 aromatic heterocycles. The van der Waals surface area contributed by atoms with Crippen molar-refractivity contribution in [3.63, 3.8) is 0 Å². The number of anilines is 1. The van der Waals surface area contributed by atoms with Crippen LogP contribution in [0.15, 0.2) is 49.2 Å². The average Bonchev–Trinajstić information content (AvgIpc) is 3.26. The minimum absolute atomic E-state index is 0.304. The van der Waals surface area contributed by atoms with Crippen molar-refractivity contribution < 1.29 is 14.3 Å². The quantitative estimate of drug-likeness (QED) is 0.565. The fourth-order valence-electron chi connectivity index (χ4n) is 2.46. The lowest BCUT2D eigenvalue weighted by atomic mass is 10.2. The molecule has 0 aliphatic rings. The normalized spacial score (nSPS) is 10.9. The van der Waals surface area contributed by atoms with Gasteiger partial charge in [-0.2, -0.15) is 5.10 Å². The zero-order chi connectivity index (χ0) is 20.6. The molecular weight excluding hydrogens is 394 g/mol. The van der Waals surface area contributed by atoms with Gasteiger partial charge in [-0.3, -0.25) is 4.79 Å². The van der Waals surface area contributed by atoms with E-state index in [0.29, 0.717) is 40.2 Å². The molecule has 0 saturated carbocycles. The van der Waals surface area contributed by atoms with Crippen LogP contribution < -0.4 is 14.8 Å². The molecule has 0 atom stereocenters. The SMILES string of the molecule is CCCOc1c(Cl)cc(/C=C/C(=O)Nc2ccc(-n3cncn3)nc2)cc1OC. The first kappa shape index (κ1) is 20.3. The highest BCUT2D eigenvalue weighted by atomic mass is 35.5. The number of halogens is 1. The van der Waals surface area contributed by atoms with E-state index in [1.165, 1.54) is 17.1 Å². The summed E-state index contributed by atoms with van der Waals surface area (Å²) in [5, 5.41) is 7.17. The number of carbonyl (C=O) groups excluding carboxylic acids is 1.